The van der Waals surface area contributed by atoms with Gasteiger partial charge < -0.3 is 14.6 Å². The van der Waals surface area contributed by atoms with Gasteiger partial charge in [0.15, 0.2) is 11.5 Å². The second-order valence-electron chi connectivity index (χ2n) is 8.90. The Bertz CT molecular complexity index is 1710. The first kappa shape index (κ1) is 22.7. The van der Waals surface area contributed by atoms with Crippen molar-refractivity contribution < 1.29 is 9.13 Å². The predicted molar refractivity (Wildman–Crippen MR) is 139 cm³/mol. The van der Waals surface area contributed by atoms with Crippen LogP contribution < -0.4 is 4.74 Å². The second kappa shape index (κ2) is 9.40. The maximum Gasteiger partial charge on any atom is 0.161 e. The van der Waals surface area contributed by atoms with E-state index in [2.05, 4.69) is 25.1 Å². The van der Waals surface area contributed by atoms with Gasteiger partial charge >= 0.3 is 0 Å². The Hall–Kier alpha value is -4.70. The first-order valence-electron chi connectivity index (χ1n) is 11.7. The molecule has 0 bridgehead atoms. The highest BCUT2D eigenvalue weighted by molar-refractivity contribution is 5.95. The van der Waals surface area contributed by atoms with Crippen LogP contribution in [-0.2, 0) is 0 Å². The molecule has 0 spiro atoms. The van der Waals surface area contributed by atoms with Gasteiger partial charge in [-0.3, -0.25) is 15.1 Å². The average Bonchev–Trinajstić information content (AvgIpc) is 3.52. The van der Waals surface area contributed by atoms with Gasteiger partial charge in [-0.05, 0) is 56.1 Å². The molecule has 0 saturated carbocycles. The first-order valence-corrected chi connectivity index (χ1v) is 11.7. The van der Waals surface area contributed by atoms with E-state index in [1.165, 1.54) is 12.1 Å². The average molecular weight is 495 g/mol. The molecule has 5 aromatic heterocycles. The molecule has 9 nitrogen and oxygen atoms in total. The lowest BCUT2D eigenvalue weighted by molar-refractivity contribution is 0.260. The summed E-state index contributed by atoms with van der Waals surface area (Å²) < 4.78 is 20.3. The molecule has 0 fully saturated rings. The molecule has 0 aliphatic rings. The summed E-state index contributed by atoms with van der Waals surface area (Å²) in [7, 11) is 3.92. The van der Waals surface area contributed by atoms with Gasteiger partial charge in [0.2, 0.25) is 0 Å². The van der Waals surface area contributed by atoms with Gasteiger partial charge in [0.1, 0.15) is 23.7 Å². The van der Waals surface area contributed by atoms with Crippen molar-refractivity contribution >= 4 is 22.1 Å². The molecule has 0 amide bonds. The molecule has 2 N–H and O–H groups in total. The highest BCUT2D eigenvalue weighted by Crippen LogP contribution is 2.33. The summed E-state index contributed by atoms with van der Waals surface area (Å²) in [6.45, 7) is 1.17. The third-order valence-electron chi connectivity index (χ3n) is 5.97. The highest BCUT2D eigenvalue weighted by Gasteiger charge is 2.18. The minimum atomic E-state index is -0.393. The van der Waals surface area contributed by atoms with Crippen LogP contribution in [0.15, 0.2) is 67.3 Å². The Morgan fingerprint density at radius 3 is 2.68 bits per heavy atom. The largest absolute Gasteiger partial charge is 0.492 e. The Labute approximate surface area is 211 Å². The molecule has 10 heteroatoms. The van der Waals surface area contributed by atoms with E-state index in [0.717, 1.165) is 23.3 Å². The number of likely N-dealkylation sites (N-methyl/N-ethyl adjacent to an activating group) is 1. The summed E-state index contributed by atoms with van der Waals surface area (Å²) in [5.41, 5.74) is 6.38. The number of aromatic amines is 2. The predicted octanol–water partition coefficient (Wildman–Crippen LogP) is 4.70. The molecule has 184 valence electrons. The fourth-order valence-corrected chi connectivity index (χ4v) is 4.14. The molecule has 0 atom stereocenters. The smallest absolute Gasteiger partial charge is 0.161 e. The van der Waals surface area contributed by atoms with Crippen LogP contribution in [0.1, 0.15) is 0 Å². The number of imidazole rings is 1. The van der Waals surface area contributed by atoms with E-state index < -0.39 is 5.82 Å². The number of nitrogens with one attached hydrogen (secondary N) is 2. The molecule has 0 radical (unpaired) electrons. The summed E-state index contributed by atoms with van der Waals surface area (Å²) >= 11 is 0. The molecule has 0 unspecified atom stereocenters. The Balaban J connectivity index is 1.41. The van der Waals surface area contributed by atoms with Gasteiger partial charge in [-0.15, -0.1) is 0 Å². The summed E-state index contributed by atoms with van der Waals surface area (Å²) in [6.07, 6.45) is 6.85. The van der Waals surface area contributed by atoms with Crippen molar-refractivity contribution in [3.8, 4) is 39.7 Å². The van der Waals surface area contributed by atoms with Gasteiger partial charge in [-0.2, -0.15) is 5.10 Å². The molecule has 0 aliphatic carbocycles. The topological polar surface area (TPSA) is 108 Å². The zero-order valence-electron chi connectivity index (χ0n) is 20.2. The van der Waals surface area contributed by atoms with E-state index in [0.29, 0.717) is 51.6 Å². The normalized spacial score (nSPS) is 11.6. The van der Waals surface area contributed by atoms with Crippen molar-refractivity contribution in [3.05, 3.63) is 73.1 Å². The number of hydrogen-bond acceptors (Lipinski definition) is 7. The van der Waals surface area contributed by atoms with Gasteiger partial charge in [-0.1, -0.05) is 0 Å². The van der Waals surface area contributed by atoms with Gasteiger partial charge in [-0.25, -0.2) is 14.4 Å². The SMILES string of the molecule is CN(C)CCOc1cc(F)cc(-c2cncc3[nH]c(-c4n[nH]c5ccc(-c6cccnc6)nc45)nc23)c1. The summed E-state index contributed by atoms with van der Waals surface area (Å²) in [4.78, 5) is 23.5. The lowest BCUT2D eigenvalue weighted by Crippen LogP contribution is -2.19. The van der Waals surface area contributed by atoms with Crippen LogP contribution in [0.5, 0.6) is 5.75 Å². The van der Waals surface area contributed by atoms with E-state index in [-0.39, 0.29) is 0 Å². The maximum absolute atomic E-state index is 14.5. The van der Waals surface area contributed by atoms with Crippen LogP contribution in [0.4, 0.5) is 4.39 Å². The van der Waals surface area contributed by atoms with Gasteiger partial charge in [0.05, 0.1) is 28.4 Å². The summed E-state index contributed by atoms with van der Waals surface area (Å²) in [6, 6.07) is 12.3. The Kier molecular flexibility index (Phi) is 5.78. The molecule has 1 aromatic carbocycles. The standard InChI is InChI=1S/C27H23FN8O/c1-36(2)8-9-37-19-11-17(10-18(28)12-19)20-14-30-15-23-24(20)33-27(32-23)26-25-22(34-35-26)6-5-21(31-25)16-4-3-7-29-13-16/h3-7,10-15H,8-9H2,1-2H3,(H,32,33)(H,34,35). The number of halogens is 1. The number of fused-ring (bicyclic) bond motifs is 2. The first-order chi connectivity index (χ1) is 18.0. The van der Waals surface area contributed by atoms with Gasteiger partial charge in [0.25, 0.3) is 0 Å². The van der Waals surface area contributed by atoms with Crippen molar-refractivity contribution in [3.63, 3.8) is 0 Å². The monoisotopic (exact) mass is 494 g/mol. The Morgan fingerprint density at radius 1 is 0.919 bits per heavy atom. The van der Waals surface area contributed by atoms with E-state index in [9.17, 15) is 4.39 Å². The number of benzene rings is 1. The maximum atomic E-state index is 14.5. The number of H-pyrrole nitrogens is 2. The Morgan fingerprint density at radius 2 is 1.84 bits per heavy atom. The zero-order valence-corrected chi connectivity index (χ0v) is 20.2. The molecular formula is C27H23FN8O. The fourth-order valence-electron chi connectivity index (χ4n) is 4.14. The number of nitrogens with zero attached hydrogens (tertiary/aromatic N) is 6. The van der Waals surface area contributed by atoms with Crippen molar-refractivity contribution in [1.82, 2.24) is 40.0 Å². The lowest BCUT2D eigenvalue weighted by atomic mass is 10.1. The molecule has 0 saturated heterocycles. The lowest BCUT2D eigenvalue weighted by Gasteiger charge is -2.12. The molecule has 0 aliphatic heterocycles. The molecular weight excluding hydrogens is 471 g/mol. The summed E-state index contributed by atoms with van der Waals surface area (Å²) in [5.74, 6) is 0.593. The summed E-state index contributed by atoms with van der Waals surface area (Å²) in [5, 5.41) is 7.50. The van der Waals surface area contributed by atoms with Crippen molar-refractivity contribution in [2.45, 2.75) is 0 Å². The third-order valence-corrected chi connectivity index (χ3v) is 5.97. The van der Waals surface area contributed by atoms with Crippen LogP contribution in [0, 0.1) is 5.82 Å². The molecule has 6 aromatic rings. The molecule has 37 heavy (non-hydrogen) atoms. The van der Waals surface area contributed by atoms with E-state index >= 15 is 0 Å². The minimum Gasteiger partial charge on any atom is -0.492 e. The number of aromatic nitrogens is 7. The van der Waals surface area contributed by atoms with Crippen molar-refractivity contribution in [1.29, 1.82) is 0 Å². The zero-order chi connectivity index (χ0) is 25.4. The third kappa shape index (κ3) is 4.50. The number of ether oxygens (including phenoxy) is 1. The van der Waals surface area contributed by atoms with E-state index in [1.54, 1.807) is 30.9 Å². The highest BCUT2D eigenvalue weighted by atomic mass is 19.1. The van der Waals surface area contributed by atoms with E-state index in [4.69, 9.17) is 14.7 Å². The number of pyridine rings is 3. The van der Waals surface area contributed by atoms with Crippen LogP contribution in [0.2, 0.25) is 0 Å². The minimum absolute atomic E-state index is 0.393. The van der Waals surface area contributed by atoms with Gasteiger partial charge in [0, 0.05) is 42.3 Å². The van der Waals surface area contributed by atoms with Crippen LogP contribution in [0.25, 0.3) is 56.0 Å². The molecule has 6 rings (SSSR count). The molecule has 5 heterocycles. The second-order valence-corrected chi connectivity index (χ2v) is 8.90. The van der Waals surface area contributed by atoms with Crippen molar-refractivity contribution in [2.24, 2.45) is 0 Å². The van der Waals surface area contributed by atoms with Crippen LogP contribution >= 0.6 is 0 Å². The number of hydrogen-bond donors (Lipinski definition) is 2. The van der Waals surface area contributed by atoms with E-state index in [1.807, 2.05) is 43.3 Å². The fraction of sp³-hybridized carbons (Fsp3) is 0.148. The van der Waals surface area contributed by atoms with Crippen LogP contribution in [0.3, 0.4) is 0 Å². The van der Waals surface area contributed by atoms with Crippen LogP contribution in [-0.4, -0.2) is 67.3 Å². The quantitative estimate of drug-likeness (QED) is 0.331. The number of rotatable bonds is 7. The van der Waals surface area contributed by atoms with Crippen molar-refractivity contribution in [2.75, 3.05) is 27.2 Å².